The first kappa shape index (κ1) is 20.0. The second-order valence-corrected chi connectivity index (χ2v) is 7.35. The molecule has 148 valence electrons. The minimum Gasteiger partial charge on any atom is -0.340 e. The molecule has 0 saturated carbocycles. The highest BCUT2D eigenvalue weighted by Crippen LogP contribution is 2.14. The van der Waals surface area contributed by atoms with Crippen LogP contribution in [0, 0.1) is 0 Å². The number of nitrogens with one attached hydrogen (secondary N) is 1. The van der Waals surface area contributed by atoms with E-state index in [2.05, 4.69) is 17.3 Å². The molecule has 1 aliphatic heterocycles. The van der Waals surface area contributed by atoms with Crippen LogP contribution in [-0.2, 0) is 22.4 Å². The summed E-state index contributed by atoms with van der Waals surface area (Å²) in [5.41, 5.74) is 8.62. The Bertz CT molecular complexity index is 801. The molecular weight excluding hydrogens is 352 g/mol. The summed E-state index contributed by atoms with van der Waals surface area (Å²) in [6.07, 6.45) is 0.817. The Morgan fingerprint density at radius 3 is 2.39 bits per heavy atom. The number of hydrogen-bond acceptors (Lipinski definition) is 4. The molecule has 0 spiro atoms. The molecule has 28 heavy (non-hydrogen) atoms. The predicted octanol–water partition coefficient (Wildman–Crippen LogP) is 1.51. The average molecular weight is 380 g/mol. The Morgan fingerprint density at radius 2 is 1.68 bits per heavy atom. The molecule has 0 bridgehead atoms. The van der Waals surface area contributed by atoms with Crippen molar-refractivity contribution in [2.24, 2.45) is 5.73 Å². The first-order valence-electron chi connectivity index (χ1n) is 9.67. The van der Waals surface area contributed by atoms with Crippen molar-refractivity contribution in [3.05, 3.63) is 65.7 Å². The van der Waals surface area contributed by atoms with E-state index in [-0.39, 0.29) is 11.8 Å². The van der Waals surface area contributed by atoms with Gasteiger partial charge in [-0.3, -0.25) is 9.59 Å². The Morgan fingerprint density at radius 1 is 1.00 bits per heavy atom. The van der Waals surface area contributed by atoms with Gasteiger partial charge in [0.1, 0.15) is 0 Å². The molecule has 6 heteroatoms. The molecule has 0 radical (unpaired) electrons. The second kappa shape index (κ2) is 9.48. The zero-order chi connectivity index (χ0) is 19.9. The Balaban J connectivity index is 1.55. The van der Waals surface area contributed by atoms with Crippen molar-refractivity contribution >= 4 is 17.5 Å². The van der Waals surface area contributed by atoms with Gasteiger partial charge in [-0.25, -0.2) is 0 Å². The van der Waals surface area contributed by atoms with Gasteiger partial charge in [0.2, 0.25) is 11.8 Å². The van der Waals surface area contributed by atoms with Crippen LogP contribution in [0.1, 0.15) is 11.1 Å². The third kappa shape index (κ3) is 5.65. The van der Waals surface area contributed by atoms with Gasteiger partial charge in [-0.15, -0.1) is 0 Å². The Labute approximate surface area is 166 Å². The number of carbonyl (C=O) groups is 2. The molecule has 2 amide bonds. The van der Waals surface area contributed by atoms with E-state index in [9.17, 15) is 9.59 Å². The molecule has 3 N–H and O–H groups in total. The van der Waals surface area contributed by atoms with Crippen molar-refractivity contribution < 1.29 is 9.59 Å². The number of rotatable bonds is 6. The number of nitrogens with two attached hydrogens (primary N) is 1. The van der Waals surface area contributed by atoms with Gasteiger partial charge in [-0.2, -0.15) is 0 Å². The number of nitrogens with zero attached hydrogens (tertiary/aromatic N) is 2. The minimum atomic E-state index is -0.627. The predicted molar refractivity (Wildman–Crippen MR) is 111 cm³/mol. The summed E-state index contributed by atoms with van der Waals surface area (Å²) in [6.45, 7) is 3.34. The molecule has 0 aliphatic carbocycles. The van der Waals surface area contributed by atoms with Crippen molar-refractivity contribution in [3.63, 3.8) is 0 Å². The third-order valence-corrected chi connectivity index (χ3v) is 5.04. The number of anilines is 1. The number of likely N-dealkylation sites (N-methyl/N-ethyl adjacent to an activating group) is 1. The standard InChI is InChI=1S/C22H28N4O2/c1-25-10-12-26(13-11-25)21(27)16-18-8-5-9-19(14-18)24-22(28)20(23)15-17-6-3-2-4-7-17/h2-9,14,20H,10-13,15-16,23H2,1H3,(H,24,28). The van der Waals surface area contributed by atoms with Crippen LogP contribution < -0.4 is 11.1 Å². The van der Waals surface area contributed by atoms with Crippen molar-refractivity contribution in [1.29, 1.82) is 0 Å². The lowest BCUT2D eigenvalue weighted by Crippen LogP contribution is -2.47. The summed E-state index contributed by atoms with van der Waals surface area (Å²) < 4.78 is 0. The summed E-state index contributed by atoms with van der Waals surface area (Å²) in [7, 11) is 2.07. The van der Waals surface area contributed by atoms with E-state index in [0.717, 1.165) is 37.3 Å². The fourth-order valence-electron chi connectivity index (χ4n) is 3.30. The first-order valence-corrected chi connectivity index (χ1v) is 9.67. The van der Waals surface area contributed by atoms with Gasteiger partial charge in [0.15, 0.2) is 0 Å². The van der Waals surface area contributed by atoms with E-state index in [1.807, 2.05) is 59.5 Å². The topological polar surface area (TPSA) is 78.7 Å². The normalized spacial score (nSPS) is 15.9. The van der Waals surface area contributed by atoms with Gasteiger partial charge in [0, 0.05) is 31.9 Å². The molecule has 6 nitrogen and oxygen atoms in total. The van der Waals surface area contributed by atoms with E-state index in [1.165, 1.54) is 0 Å². The van der Waals surface area contributed by atoms with Crippen LogP contribution in [0.5, 0.6) is 0 Å². The van der Waals surface area contributed by atoms with E-state index >= 15 is 0 Å². The van der Waals surface area contributed by atoms with Crippen LogP contribution in [0.4, 0.5) is 5.69 Å². The average Bonchev–Trinajstić information content (AvgIpc) is 2.69. The molecule has 1 unspecified atom stereocenters. The van der Waals surface area contributed by atoms with Gasteiger partial charge in [-0.1, -0.05) is 42.5 Å². The maximum atomic E-state index is 12.5. The molecule has 1 atom stereocenters. The summed E-state index contributed by atoms with van der Waals surface area (Å²) >= 11 is 0. The van der Waals surface area contributed by atoms with Gasteiger partial charge in [0.05, 0.1) is 12.5 Å². The smallest absolute Gasteiger partial charge is 0.241 e. The summed E-state index contributed by atoms with van der Waals surface area (Å²) in [6, 6.07) is 16.5. The molecule has 2 aromatic rings. The maximum absolute atomic E-state index is 12.5. The number of hydrogen-bond donors (Lipinski definition) is 2. The summed E-state index contributed by atoms with van der Waals surface area (Å²) in [5, 5.41) is 2.87. The quantitative estimate of drug-likeness (QED) is 0.796. The monoisotopic (exact) mass is 380 g/mol. The van der Waals surface area contributed by atoms with Crippen LogP contribution >= 0.6 is 0 Å². The van der Waals surface area contributed by atoms with Crippen molar-refractivity contribution in [1.82, 2.24) is 9.80 Å². The van der Waals surface area contributed by atoms with Crippen LogP contribution in [0.25, 0.3) is 0 Å². The first-order chi connectivity index (χ1) is 13.5. The van der Waals surface area contributed by atoms with E-state index < -0.39 is 6.04 Å². The SMILES string of the molecule is CN1CCN(C(=O)Cc2cccc(NC(=O)C(N)Cc3ccccc3)c2)CC1. The molecule has 1 aliphatic rings. The highest BCUT2D eigenvalue weighted by Gasteiger charge is 2.19. The van der Waals surface area contributed by atoms with E-state index in [1.54, 1.807) is 0 Å². The number of piperazine rings is 1. The molecule has 0 aromatic heterocycles. The van der Waals surface area contributed by atoms with Crippen LogP contribution in [-0.4, -0.2) is 60.9 Å². The molecule has 1 saturated heterocycles. The van der Waals surface area contributed by atoms with Gasteiger partial charge < -0.3 is 20.9 Å². The van der Waals surface area contributed by atoms with E-state index in [0.29, 0.717) is 18.5 Å². The molecule has 2 aromatic carbocycles. The number of carbonyl (C=O) groups excluding carboxylic acids is 2. The number of benzene rings is 2. The van der Waals surface area contributed by atoms with Crippen molar-refractivity contribution in [3.8, 4) is 0 Å². The van der Waals surface area contributed by atoms with E-state index in [4.69, 9.17) is 5.73 Å². The zero-order valence-corrected chi connectivity index (χ0v) is 16.3. The Kier molecular flexibility index (Phi) is 6.79. The number of amides is 2. The lowest BCUT2D eigenvalue weighted by molar-refractivity contribution is -0.132. The fraction of sp³-hybridized carbons (Fsp3) is 0.364. The molecule has 1 fully saturated rings. The molecule has 1 heterocycles. The summed E-state index contributed by atoms with van der Waals surface area (Å²) in [4.78, 5) is 29.1. The highest BCUT2D eigenvalue weighted by molar-refractivity contribution is 5.95. The van der Waals surface area contributed by atoms with Crippen LogP contribution in [0.3, 0.4) is 0 Å². The van der Waals surface area contributed by atoms with Crippen LogP contribution in [0.15, 0.2) is 54.6 Å². The minimum absolute atomic E-state index is 0.123. The molecule has 3 rings (SSSR count). The zero-order valence-electron chi connectivity index (χ0n) is 16.3. The second-order valence-electron chi connectivity index (χ2n) is 7.35. The van der Waals surface area contributed by atoms with Crippen molar-refractivity contribution in [2.75, 3.05) is 38.5 Å². The largest absolute Gasteiger partial charge is 0.340 e. The molecular formula is C22H28N4O2. The van der Waals surface area contributed by atoms with Gasteiger partial charge >= 0.3 is 0 Å². The summed E-state index contributed by atoms with van der Waals surface area (Å²) in [5.74, 6) is -0.108. The van der Waals surface area contributed by atoms with Gasteiger partial charge in [-0.05, 0) is 36.7 Å². The third-order valence-electron chi connectivity index (χ3n) is 5.04. The lowest BCUT2D eigenvalue weighted by Gasteiger charge is -2.32. The van der Waals surface area contributed by atoms with Crippen LogP contribution in [0.2, 0.25) is 0 Å². The highest BCUT2D eigenvalue weighted by atomic mass is 16.2. The lowest BCUT2D eigenvalue weighted by atomic mass is 10.1. The van der Waals surface area contributed by atoms with Gasteiger partial charge in [0.25, 0.3) is 0 Å². The Hall–Kier alpha value is -2.70. The maximum Gasteiger partial charge on any atom is 0.241 e. The van der Waals surface area contributed by atoms with Crippen molar-refractivity contribution in [2.45, 2.75) is 18.9 Å². The fourth-order valence-corrected chi connectivity index (χ4v) is 3.30.